The number of ether oxygens (including phenoxy) is 1. The molecule has 0 spiro atoms. The van der Waals surface area contributed by atoms with Gasteiger partial charge < -0.3 is 9.72 Å². The van der Waals surface area contributed by atoms with Crippen LogP contribution in [0.2, 0.25) is 0 Å². The van der Waals surface area contributed by atoms with Gasteiger partial charge in [-0.25, -0.2) is 4.79 Å². The maximum atomic E-state index is 12.1. The SMILES string of the molecule is C=C(C)COC(=O)C(=O)c1c(C)[nH]c2ccccc12. The van der Waals surface area contributed by atoms with Gasteiger partial charge in [0.25, 0.3) is 5.78 Å². The van der Waals surface area contributed by atoms with E-state index in [1.54, 1.807) is 19.9 Å². The first kappa shape index (κ1) is 13.1. The Morgan fingerprint density at radius 2 is 2.00 bits per heavy atom. The predicted molar refractivity (Wildman–Crippen MR) is 73.1 cm³/mol. The lowest BCUT2D eigenvalue weighted by atomic mass is 10.1. The minimum absolute atomic E-state index is 0.0615. The number of aromatic nitrogens is 1. The van der Waals surface area contributed by atoms with Gasteiger partial charge in [0.15, 0.2) is 0 Å². The molecule has 4 nitrogen and oxygen atoms in total. The van der Waals surface area contributed by atoms with Crippen LogP contribution in [0.5, 0.6) is 0 Å². The third-order valence-electron chi connectivity index (χ3n) is 2.76. The van der Waals surface area contributed by atoms with E-state index in [4.69, 9.17) is 4.74 Å². The van der Waals surface area contributed by atoms with Crippen molar-refractivity contribution >= 4 is 22.7 Å². The van der Waals surface area contributed by atoms with Gasteiger partial charge in [0, 0.05) is 16.6 Å². The third kappa shape index (κ3) is 2.57. The van der Waals surface area contributed by atoms with Gasteiger partial charge in [0.2, 0.25) is 0 Å². The largest absolute Gasteiger partial charge is 0.455 e. The molecule has 4 heteroatoms. The molecule has 1 aromatic carbocycles. The van der Waals surface area contributed by atoms with Crippen molar-refractivity contribution < 1.29 is 14.3 Å². The summed E-state index contributed by atoms with van der Waals surface area (Å²) in [7, 11) is 0. The van der Waals surface area contributed by atoms with E-state index < -0.39 is 11.8 Å². The average Bonchev–Trinajstić information content (AvgIpc) is 2.70. The molecule has 0 unspecified atom stereocenters. The minimum Gasteiger partial charge on any atom is -0.455 e. The highest BCUT2D eigenvalue weighted by atomic mass is 16.5. The van der Waals surface area contributed by atoms with Crippen LogP contribution in [0.4, 0.5) is 0 Å². The Kier molecular flexibility index (Phi) is 3.51. The molecule has 0 radical (unpaired) electrons. The maximum Gasteiger partial charge on any atom is 0.380 e. The summed E-state index contributed by atoms with van der Waals surface area (Å²) in [5.74, 6) is -1.48. The van der Waals surface area contributed by atoms with E-state index >= 15 is 0 Å². The van der Waals surface area contributed by atoms with E-state index in [-0.39, 0.29) is 6.61 Å². The molecule has 0 aliphatic rings. The van der Waals surface area contributed by atoms with Crippen molar-refractivity contribution in [3.8, 4) is 0 Å². The summed E-state index contributed by atoms with van der Waals surface area (Å²) >= 11 is 0. The zero-order chi connectivity index (χ0) is 14.0. The van der Waals surface area contributed by atoms with Crippen molar-refractivity contribution in [3.05, 3.63) is 47.7 Å². The van der Waals surface area contributed by atoms with E-state index in [1.807, 2.05) is 18.2 Å². The molecule has 0 bridgehead atoms. The smallest absolute Gasteiger partial charge is 0.380 e. The first-order valence-electron chi connectivity index (χ1n) is 5.94. The first-order chi connectivity index (χ1) is 9.00. The molecule has 1 heterocycles. The predicted octanol–water partition coefficient (Wildman–Crippen LogP) is 2.78. The number of ketones is 1. The summed E-state index contributed by atoms with van der Waals surface area (Å²) in [6.07, 6.45) is 0. The highest BCUT2D eigenvalue weighted by molar-refractivity contribution is 6.43. The Morgan fingerprint density at radius 3 is 2.68 bits per heavy atom. The normalized spacial score (nSPS) is 10.4. The highest BCUT2D eigenvalue weighted by Crippen LogP contribution is 2.22. The van der Waals surface area contributed by atoms with Crippen LogP contribution in [0.1, 0.15) is 23.0 Å². The summed E-state index contributed by atoms with van der Waals surface area (Å²) in [5, 5.41) is 0.734. The Balaban J connectivity index is 2.33. The lowest BCUT2D eigenvalue weighted by Gasteiger charge is -2.03. The van der Waals surface area contributed by atoms with Crippen molar-refractivity contribution in [2.24, 2.45) is 0 Å². The second kappa shape index (κ2) is 5.10. The fourth-order valence-corrected chi connectivity index (χ4v) is 1.93. The molecule has 0 atom stereocenters. The number of Topliss-reactive ketones (excluding diaryl/α,β-unsaturated/α-hetero) is 1. The van der Waals surface area contributed by atoms with Gasteiger partial charge in [-0.15, -0.1) is 0 Å². The number of esters is 1. The lowest BCUT2D eigenvalue weighted by Crippen LogP contribution is -2.19. The van der Waals surface area contributed by atoms with Crippen LogP contribution >= 0.6 is 0 Å². The average molecular weight is 257 g/mol. The third-order valence-corrected chi connectivity index (χ3v) is 2.76. The van der Waals surface area contributed by atoms with Crippen LogP contribution < -0.4 is 0 Å². The molecule has 1 aromatic heterocycles. The number of nitrogens with one attached hydrogen (secondary N) is 1. The van der Waals surface area contributed by atoms with Gasteiger partial charge in [-0.05, 0) is 25.5 Å². The lowest BCUT2D eigenvalue weighted by molar-refractivity contribution is -0.137. The van der Waals surface area contributed by atoms with E-state index in [0.29, 0.717) is 16.8 Å². The zero-order valence-electron chi connectivity index (χ0n) is 10.9. The Hall–Kier alpha value is -2.36. The standard InChI is InChI=1S/C15H15NO3/c1-9(2)8-19-15(18)14(17)13-10(3)16-12-7-5-4-6-11(12)13/h4-7,16H,1,8H2,2-3H3. The molecule has 0 aliphatic heterocycles. The number of hydrogen-bond donors (Lipinski definition) is 1. The molecule has 0 amide bonds. The summed E-state index contributed by atoms with van der Waals surface area (Å²) in [6.45, 7) is 7.18. The highest BCUT2D eigenvalue weighted by Gasteiger charge is 2.23. The van der Waals surface area contributed by atoms with Crippen molar-refractivity contribution in [1.29, 1.82) is 0 Å². The Labute approximate surface area is 111 Å². The van der Waals surface area contributed by atoms with Crippen molar-refractivity contribution in [1.82, 2.24) is 4.98 Å². The van der Waals surface area contributed by atoms with E-state index in [2.05, 4.69) is 11.6 Å². The van der Waals surface area contributed by atoms with Crippen LogP contribution in [-0.2, 0) is 9.53 Å². The van der Waals surface area contributed by atoms with Gasteiger partial charge in [-0.2, -0.15) is 0 Å². The van der Waals surface area contributed by atoms with Gasteiger partial charge in [-0.3, -0.25) is 4.79 Å². The van der Waals surface area contributed by atoms with Crippen LogP contribution in [0.25, 0.3) is 10.9 Å². The molecule has 0 saturated heterocycles. The fourth-order valence-electron chi connectivity index (χ4n) is 1.93. The van der Waals surface area contributed by atoms with Crippen LogP contribution in [-0.4, -0.2) is 23.3 Å². The molecule has 0 fully saturated rings. The van der Waals surface area contributed by atoms with E-state index in [1.165, 1.54) is 0 Å². The Bertz CT molecular complexity index is 667. The monoisotopic (exact) mass is 257 g/mol. The Morgan fingerprint density at radius 1 is 1.32 bits per heavy atom. The van der Waals surface area contributed by atoms with Gasteiger partial charge in [-0.1, -0.05) is 24.8 Å². The molecular formula is C15H15NO3. The second-order valence-electron chi connectivity index (χ2n) is 4.53. The zero-order valence-corrected chi connectivity index (χ0v) is 10.9. The number of aryl methyl sites for hydroxylation is 1. The second-order valence-corrected chi connectivity index (χ2v) is 4.53. The number of aromatic amines is 1. The van der Waals surface area contributed by atoms with Gasteiger partial charge in [0.05, 0.1) is 5.56 Å². The van der Waals surface area contributed by atoms with Crippen LogP contribution in [0.3, 0.4) is 0 Å². The van der Waals surface area contributed by atoms with Gasteiger partial charge in [0.1, 0.15) is 6.61 Å². The quantitative estimate of drug-likeness (QED) is 0.396. The van der Waals surface area contributed by atoms with Crippen molar-refractivity contribution in [3.63, 3.8) is 0 Å². The number of para-hydroxylation sites is 1. The number of rotatable bonds is 4. The van der Waals surface area contributed by atoms with E-state index in [0.717, 1.165) is 10.9 Å². The maximum absolute atomic E-state index is 12.1. The molecule has 0 saturated carbocycles. The molecule has 2 rings (SSSR count). The molecule has 1 N–H and O–H groups in total. The van der Waals surface area contributed by atoms with Crippen molar-refractivity contribution in [2.75, 3.05) is 6.61 Å². The topological polar surface area (TPSA) is 59.2 Å². The number of carbonyl (C=O) groups is 2. The first-order valence-corrected chi connectivity index (χ1v) is 5.94. The summed E-state index contributed by atoms with van der Waals surface area (Å²) in [5.41, 5.74) is 2.56. The van der Waals surface area contributed by atoms with Crippen molar-refractivity contribution in [2.45, 2.75) is 13.8 Å². The number of carbonyl (C=O) groups excluding carboxylic acids is 2. The number of H-pyrrole nitrogens is 1. The molecule has 19 heavy (non-hydrogen) atoms. The number of hydrogen-bond acceptors (Lipinski definition) is 3. The summed E-state index contributed by atoms with van der Waals surface area (Å²) in [6, 6.07) is 7.36. The van der Waals surface area contributed by atoms with Crippen LogP contribution in [0, 0.1) is 6.92 Å². The fraction of sp³-hybridized carbons (Fsp3) is 0.200. The minimum atomic E-state index is -0.851. The number of fused-ring (bicyclic) bond motifs is 1. The molecule has 2 aromatic rings. The number of benzene rings is 1. The van der Waals surface area contributed by atoms with Gasteiger partial charge >= 0.3 is 5.97 Å². The molecule has 0 aliphatic carbocycles. The van der Waals surface area contributed by atoms with E-state index in [9.17, 15) is 9.59 Å². The summed E-state index contributed by atoms with van der Waals surface area (Å²) in [4.78, 5) is 26.9. The summed E-state index contributed by atoms with van der Waals surface area (Å²) < 4.78 is 4.89. The molecule has 98 valence electrons. The van der Waals surface area contributed by atoms with Crippen LogP contribution in [0.15, 0.2) is 36.4 Å². The molecular weight excluding hydrogens is 242 g/mol.